The normalized spacial score (nSPS) is 10.5. The van der Waals surface area contributed by atoms with Crippen LogP contribution >= 0.6 is 12.2 Å². The van der Waals surface area contributed by atoms with Gasteiger partial charge in [0, 0.05) is 11.8 Å². The number of aryl methyl sites for hydroxylation is 1. The molecule has 2 rings (SSSR count). The van der Waals surface area contributed by atoms with Crippen molar-refractivity contribution in [3.8, 4) is 11.5 Å². The number of methoxy groups -OCH3 is 2. The summed E-state index contributed by atoms with van der Waals surface area (Å²) in [6.07, 6.45) is 1.55. The van der Waals surface area contributed by atoms with E-state index in [1.807, 2.05) is 25.1 Å². The van der Waals surface area contributed by atoms with Gasteiger partial charge < -0.3 is 19.2 Å². The third-order valence-corrected chi connectivity index (χ3v) is 2.95. The molecule has 1 aromatic carbocycles. The summed E-state index contributed by atoms with van der Waals surface area (Å²) >= 11 is 5.16. The van der Waals surface area contributed by atoms with Gasteiger partial charge in [0.1, 0.15) is 11.5 Å². The van der Waals surface area contributed by atoms with E-state index < -0.39 is 0 Å². The Morgan fingerprint density at radius 1 is 1.18 bits per heavy atom. The van der Waals surface area contributed by atoms with Crippen LogP contribution in [0.3, 0.4) is 0 Å². The highest BCUT2D eigenvalue weighted by Gasteiger charge is 2.05. The molecule has 22 heavy (non-hydrogen) atoms. The molecule has 0 bridgehead atoms. The molecule has 6 nitrogen and oxygen atoms in total. The van der Waals surface area contributed by atoms with Crippen LogP contribution in [0.15, 0.2) is 39.9 Å². The summed E-state index contributed by atoms with van der Waals surface area (Å²) in [4.78, 5) is 0. The highest BCUT2D eigenvalue weighted by Crippen LogP contribution is 2.29. The molecule has 0 amide bonds. The van der Waals surface area contributed by atoms with E-state index in [4.69, 9.17) is 26.1 Å². The maximum atomic E-state index is 5.36. The zero-order valence-corrected chi connectivity index (χ0v) is 13.4. The van der Waals surface area contributed by atoms with Crippen molar-refractivity contribution >= 4 is 29.2 Å². The smallest absolute Gasteiger partial charge is 0.191 e. The van der Waals surface area contributed by atoms with Crippen molar-refractivity contribution in [1.82, 2.24) is 5.43 Å². The molecule has 1 heterocycles. The van der Waals surface area contributed by atoms with E-state index in [1.165, 1.54) is 0 Å². The number of nitrogens with one attached hydrogen (secondary N) is 2. The molecule has 7 heteroatoms. The molecule has 0 fully saturated rings. The Labute approximate surface area is 134 Å². The van der Waals surface area contributed by atoms with Gasteiger partial charge in [0.25, 0.3) is 0 Å². The lowest BCUT2D eigenvalue weighted by Crippen LogP contribution is -2.23. The van der Waals surface area contributed by atoms with Crippen LogP contribution < -0.4 is 20.2 Å². The van der Waals surface area contributed by atoms with Crippen LogP contribution in [-0.2, 0) is 0 Å². The highest BCUT2D eigenvalue weighted by molar-refractivity contribution is 7.80. The van der Waals surface area contributed by atoms with E-state index in [1.54, 1.807) is 32.6 Å². The third kappa shape index (κ3) is 4.23. The minimum atomic E-state index is 0.353. The maximum Gasteiger partial charge on any atom is 0.191 e. The van der Waals surface area contributed by atoms with Gasteiger partial charge in [0.15, 0.2) is 16.6 Å². The monoisotopic (exact) mass is 319 g/mol. The predicted molar refractivity (Wildman–Crippen MR) is 89.9 cm³/mol. The lowest BCUT2D eigenvalue weighted by atomic mass is 10.3. The van der Waals surface area contributed by atoms with Gasteiger partial charge in [-0.1, -0.05) is 0 Å². The van der Waals surface area contributed by atoms with Crippen LogP contribution in [0.5, 0.6) is 11.5 Å². The fourth-order valence-corrected chi connectivity index (χ4v) is 1.92. The lowest BCUT2D eigenvalue weighted by Gasteiger charge is -2.11. The molecule has 0 saturated heterocycles. The molecular weight excluding hydrogens is 302 g/mol. The fourth-order valence-electron chi connectivity index (χ4n) is 1.75. The molecule has 2 N–H and O–H groups in total. The van der Waals surface area contributed by atoms with Gasteiger partial charge in [-0.05, 0) is 43.4 Å². The van der Waals surface area contributed by atoms with Crippen molar-refractivity contribution < 1.29 is 13.9 Å². The summed E-state index contributed by atoms with van der Waals surface area (Å²) in [5.74, 6) is 2.74. The van der Waals surface area contributed by atoms with Crippen LogP contribution in [-0.4, -0.2) is 25.5 Å². The van der Waals surface area contributed by atoms with E-state index in [9.17, 15) is 0 Å². The van der Waals surface area contributed by atoms with E-state index in [0.717, 1.165) is 11.4 Å². The van der Waals surface area contributed by atoms with E-state index in [-0.39, 0.29) is 0 Å². The number of hydrazone groups is 1. The number of anilines is 1. The molecule has 0 atom stereocenters. The largest absolute Gasteiger partial charge is 0.493 e. The molecule has 0 saturated carbocycles. The molecule has 0 aliphatic heterocycles. The third-order valence-electron chi connectivity index (χ3n) is 2.76. The van der Waals surface area contributed by atoms with Crippen LogP contribution in [0.4, 0.5) is 5.69 Å². The topological polar surface area (TPSA) is 68.0 Å². The molecule has 1 aromatic heterocycles. The fraction of sp³-hybridized carbons (Fsp3) is 0.200. The molecule has 0 aliphatic rings. The zero-order chi connectivity index (χ0) is 15.9. The number of thiocarbonyl (C=S) groups is 1. The van der Waals surface area contributed by atoms with Gasteiger partial charge in [-0.15, -0.1) is 0 Å². The van der Waals surface area contributed by atoms with Crippen molar-refractivity contribution in [3.05, 3.63) is 41.9 Å². The maximum absolute atomic E-state index is 5.36. The quantitative estimate of drug-likeness (QED) is 0.502. The number of benzene rings is 1. The van der Waals surface area contributed by atoms with E-state index in [2.05, 4.69) is 15.8 Å². The molecular formula is C15H17N3O3S. The second kappa shape index (κ2) is 7.46. The minimum Gasteiger partial charge on any atom is -0.493 e. The van der Waals surface area contributed by atoms with Crippen molar-refractivity contribution in [3.63, 3.8) is 0 Å². The minimum absolute atomic E-state index is 0.353. The molecule has 0 spiro atoms. The second-order valence-electron chi connectivity index (χ2n) is 4.34. The van der Waals surface area contributed by atoms with Gasteiger partial charge in [0.05, 0.1) is 20.4 Å². The summed E-state index contributed by atoms with van der Waals surface area (Å²) in [6.45, 7) is 1.87. The predicted octanol–water partition coefficient (Wildman–Crippen LogP) is 2.93. The summed E-state index contributed by atoms with van der Waals surface area (Å²) in [5.41, 5.74) is 3.48. The molecule has 116 valence electrons. The first-order valence-corrected chi connectivity index (χ1v) is 6.91. The van der Waals surface area contributed by atoms with Crippen LogP contribution in [0.1, 0.15) is 11.5 Å². The van der Waals surface area contributed by atoms with Crippen LogP contribution in [0.25, 0.3) is 0 Å². The van der Waals surface area contributed by atoms with Gasteiger partial charge in [-0.25, -0.2) is 0 Å². The Morgan fingerprint density at radius 3 is 2.59 bits per heavy atom. The Kier molecular flexibility index (Phi) is 5.37. The molecule has 0 aliphatic carbocycles. The number of rotatable bonds is 5. The number of ether oxygens (including phenoxy) is 2. The van der Waals surface area contributed by atoms with E-state index in [0.29, 0.717) is 22.4 Å². The Balaban J connectivity index is 1.93. The lowest BCUT2D eigenvalue weighted by molar-refractivity contribution is 0.355. The number of hydrogen-bond donors (Lipinski definition) is 2. The average molecular weight is 319 g/mol. The Morgan fingerprint density at radius 2 is 1.95 bits per heavy atom. The first-order chi connectivity index (χ1) is 10.6. The Hall–Kier alpha value is -2.54. The van der Waals surface area contributed by atoms with Crippen molar-refractivity contribution in [2.45, 2.75) is 6.92 Å². The van der Waals surface area contributed by atoms with Crippen LogP contribution in [0, 0.1) is 6.92 Å². The second-order valence-corrected chi connectivity index (χ2v) is 4.75. The average Bonchev–Trinajstić information content (AvgIpc) is 2.92. The first-order valence-electron chi connectivity index (χ1n) is 6.51. The van der Waals surface area contributed by atoms with Crippen molar-refractivity contribution in [1.29, 1.82) is 0 Å². The van der Waals surface area contributed by atoms with E-state index >= 15 is 0 Å². The van der Waals surface area contributed by atoms with Gasteiger partial charge in [0.2, 0.25) is 0 Å². The van der Waals surface area contributed by atoms with Crippen molar-refractivity contribution in [2.24, 2.45) is 5.10 Å². The van der Waals surface area contributed by atoms with Gasteiger partial charge >= 0.3 is 0 Å². The summed E-state index contributed by atoms with van der Waals surface area (Å²) in [5, 5.41) is 7.35. The number of furan rings is 1. The number of nitrogens with zero attached hydrogens (tertiary/aromatic N) is 1. The Bertz CT molecular complexity index is 682. The standard InChI is InChI=1S/C15H17N3O3S/c1-10-4-6-12(21-10)9-16-18-15(22)17-11-5-7-13(19-2)14(8-11)20-3/h4-9H,1-3H3,(H2,17,18,22)/b16-9-. The van der Waals surface area contributed by atoms with Gasteiger partial charge in [-0.3, -0.25) is 5.43 Å². The number of hydrogen-bond acceptors (Lipinski definition) is 5. The molecule has 2 aromatic rings. The van der Waals surface area contributed by atoms with Gasteiger partial charge in [-0.2, -0.15) is 5.10 Å². The molecule has 0 radical (unpaired) electrons. The SMILES string of the molecule is COc1ccc(NC(=S)N/N=C\c2ccc(C)o2)cc1OC. The summed E-state index contributed by atoms with van der Waals surface area (Å²) < 4.78 is 15.8. The summed E-state index contributed by atoms with van der Waals surface area (Å²) in [6, 6.07) is 9.09. The zero-order valence-electron chi connectivity index (χ0n) is 12.5. The summed E-state index contributed by atoms with van der Waals surface area (Å²) in [7, 11) is 3.16. The van der Waals surface area contributed by atoms with Crippen LogP contribution in [0.2, 0.25) is 0 Å². The highest BCUT2D eigenvalue weighted by atomic mass is 32.1. The van der Waals surface area contributed by atoms with Crippen molar-refractivity contribution in [2.75, 3.05) is 19.5 Å². The molecule has 0 unspecified atom stereocenters. The first kappa shape index (κ1) is 15.8.